The van der Waals surface area contributed by atoms with Crippen LogP contribution in [0.5, 0.6) is 0 Å². The first kappa shape index (κ1) is 10.5. The van der Waals surface area contributed by atoms with Crippen LogP contribution >= 0.6 is 7.52 Å². The van der Waals surface area contributed by atoms with Gasteiger partial charge in [-0.25, -0.2) is 5.09 Å². The van der Waals surface area contributed by atoms with Crippen molar-refractivity contribution in [1.82, 2.24) is 5.09 Å². The Hall–Kier alpha value is -0.630. The Bertz CT molecular complexity index is 300. The smallest absolute Gasteiger partial charge is 0.297 e. The Morgan fingerprint density at radius 2 is 2.00 bits per heavy atom. The molecule has 0 aromatic heterocycles. The third-order valence-corrected chi connectivity index (χ3v) is 3.33. The minimum atomic E-state index is -3.31. The molecule has 13 heavy (non-hydrogen) atoms. The second-order valence-electron chi connectivity index (χ2n) is 2.82. The van der Waals surface area contributed by atoms with Gasteiger partial charge in [-0.15, -0.1) is 0 Å². The van der Waals surface area contributed by atoms with E-state index in [9.17, 15) is 9.46 Å². The summed E-state index contributed by atoms with van der Waals surface area (Å²) in [5, 5.41) is 3.10. The molecule has 0 aliphatic heterocycles. The SMILES string of the molecule is CCCNP(=O)(O)c1ccccc1. The maximum absolute atomic E-state index is 11.6. The quantitative estimate of drug-likeness (QED) is 0.722. The third-order valence-electron chi connectivity index (χ3n) is 1.68. The first-order chi connectivity index (χ1) is 6.17. The van der Waals surface area contributed by atoms with E-state index in [0.29, 0.717) is 11.8 Å². The van der Waals surface area contributed by atoms with Gasteiger partial charge in [0.1, 0.15) is 0 Å². The van der Waals surface area contributed by atoms with Gasteiger partial charge >= 0.3 is 0 Å². The van der Waals surface area contributed by atoms with E-state index in [2.05, 4.69) is 5.09 Å². The van der Waals surface area contributed by atoms with Gasteiger partial charge in [0.25, 0.3) is 7.52 Å². The van der Waals surface area contributed by atoms with Crippen LogP contribution in [0.25, 0.3) is 0 Å². The molecule has 2 N–H and O–H groups in total. The number of hydrogen-bond acceptors (Lipinski definition) is 1. The lowest BCUT2D eigenvalue weighted by Crippen LogP contribution is -2.19. The zero-order valence-electron chi connectivity index (χ0n) is 7.60. The highest BCUT2D eigenvalue weighted by Crippen LogP contribution is 2.33. The van der Waals surface area contributed by atoms with Gasteiger partial charge in [-0.1, -0.05) is 25.1 Å². The molecule has 1 atom stereocenters. The van der Waals surface area contributed by atoms with Gasteiger partial charge in [0.2, 0.25) is 0 Å². The monoisotopic (exact) mass is 199 g/mol. The highest BCUT2D eigenvalue weighted by atomic mass is 31.2. The van der Waals surface area contributed by atoms with Crippen LogP contribution in [0.1, 0.15) is 13.3 Å². The summed E-state index contributed by atoms with van der Waals surface area (Å²) in [7, 11) is -3.31. The average molecular weight is 199 g/mol. The van der Waals surface area contributed by atoms with Gasteiger partial charge in [0.05, 0.1) is 5.30 Å². The summed E-state index contributed by atoms with van der Waals surface area (Å²) < 4.78 is 11.6. The number of hydrogen-bond donors (Lipinski definition) is 2. The molecule has 4 heteroatoms. The largest absolute Gasteiger partial charge is 0.330 e. The third kappa shape index (κ3) is 2.96. The van der Waals surface area contributed by atoms with E-state index in [1.165, 1.54) is 0 Å². The predicted octanol–water partition coefficient (Wildman–Crippen LogP) is 1.50. The maximum Gasteiger partial charge on any atom is 0.297 e. The van der Waals surface area contributed by atoms with Gasteiger partial charge in [-0.2, -0.15) is 0 Å². The van der Waals surface area contributed by atoms with Crippen LogP contribution < -0.4 is 10.4 Å². The molecule has 72 valence electrons. The Balaban J connectivity index is 2.76. The Labute approximate surface area is 78.3 Å². The van der Waals surface area contributed by atoms with E-state index < -0.39 is 7.52 Å². The molecule has 0 radical (unpaired) electrons. The molecule has 0 aliphatic carbocycles. The summed E-state index contributed by atoms with van der Waals surface area (Å²) in [6, 6.07) is 8.65. The van der Waals surface area contributed by atoms with Gasteiger partial charge in [0, 0.05) is 6.54 Å². The molecule has 1 aromatic rings. The molecule has 0 fully saturated rings. The first-order valence-electron chi connectivity index (χ1n) is 4.30. The van der Waals surface area contributed by atoms with Crippen LogP contribution in [0.15, 0.2) is 30.3 Å². The van der Waals surface area contributed by atoms with Crippen molar-refractivity contribution in [2.24, 2.45) is 0 Å². The molecule has 0 saturated carbocycles. The van der Waals surface area contributed by atoms with Crippen molar-refractivity contribution < 1.29 is 9.46 Å². The molecule has 0 aliphatic rings. The van der Waals surface area contributed by atoms with Gasteiger partial charge in [-0.05, 0) is 18.6 Å². The molecule has 0 spiro atoms. The summed E-state index contributed by atoms with van der Waals surface area (Å²) in [5.41, 5.74) is 0. The molecular formula is C9H14NO2P. The summed E-state index contributed by atoms with van der Waals surface area (Å²) >= 11 is 0. The molecule has 0 heterocycles. The zero-order chi connectivity index (χ0) is 9.73. The number of rotatable bonds is 4. The van der Waals surface area contributed by atoms with E-state index in [-0.39, 0.29) is 0 Å². The van der Waals surface area contributed by atoms with Crippen molar-refractivity contribution >= 4 is 12.8 Å². The van der Waals surface area contributed by atoms with E-state index in [1.807, 2.05) is 13.0 Å². The predicted molar refractivity (Wildman–Crippen MR) is 54.2 cm³/mol. The van der Waals surface area contributed by atoms with Crippen molar-refractivity contribution in [2.75, 3.05) is 6.54 Å². The Kier molecular flexibility index (Phi) is 3.67. The molecule has 0 saturated heterocycles. The number of benzene rings is 1. The van der Waals surface area contributed by atoms with Crippen LogP contribution in [0, 0.1) is 0 Å². The fourth-order valence-corrected chi connectivity index (χ4v) is 2.27. The second kappa shape index (κ2) is 4.56. The minimum absolute atomic E-state index is 0.462. The van der Waals surface area contributed by atoms with Crippen molar-refractivity contribution in [3.05, 3.63) is 30.3 Å². The van der Waals surface area contributed by atoms with Crippen LogP contribution in [0.4, 0.5) is 0 Å². The molecule has 3 nitrogen and oxygen atoms in total. The number of nitrogens with one attached hydrogen (secondary N) is 1. The van der Waals surface area contributed by atoms with E-state index in [1.54, 1.807) is 24.3 Å². The molecule has 0 bridgehead atoms. The van der Waals surface area contributed by atoms with Gasteiger partial charge in [0.15, 0.2) is 0 Å². The average Bonchev–Trinajstić information content (AvgIpc) is 2.16. The lowest BCUT2D eigenvalue weighted by molar-refractivity contribution is 0.475. The standard InChI is InChI=1S/C9H14NO2P/c1-2-8-10-13(11,12)9-6-4-3-5-7-9/h3-7H,2,8H2,1H3,(H2,10,11,12). The lowest BCUT2D eigenvalue weighted by Gasteiger charge is -2.11. The second-order valence-corrected chi connectivity index (χ2v) is 4.80. The topological polar surface area (TPSA) is 49.3 Å². The normalized spacial score (nSPS) is 15.2. The van der Waals surface area contributed by atoms with Crippen LogP contribution in [0.2, 0.25) is 0 Å². The molecule has 1 rings (SSSR count). The summed E-state index contributed by atoms with van der Waals surface area (Å²) in [6.07, 6.45) is 0.845. The van der Waals surface area contributed by atoms with E-state index >= 15 is 0 Å². The van der Waals surface area contributed by atoms with E-state index in [0.717, 1.165) is 6.42 Å². The first-order valence-corrected chi connectivity index (χ1v) is 5.96. The fraction of sp³-hybridized carbons (Fsp3) is 0.333. The Morgan fingerprint density at radius 3 is 2.54 bits per heavy atom. The fourth-order valence-electron chi connectivity index (χ4n) is 0.985. The highest BCUT2D eigenvalue weighted by Gasteiger charge is 2.18. The van der Waals surface area contributed by atoms with Crippen LogP contribution in [0.3, 0.4) is 0 Å². The molecule has 0 amide bonds. The van der Waals surface area contributed by atoms with Crippen LogP contribution in [-0.4, -0.2) is 11.4 Å². The highest BCUT2D eigenvalue weighted by molar-refractivity contribution is 7.64. The molecule has 1 unspecified atom stereocenters. The summed E-state index contributed by atoms with van der Waals surface area (Å²) in [4.78, 5) is 9.56. The van der Waals surface area contributed by atoms with Crippen molar-refractivity contribution in [1.29, 1.82) is 0 Å². The lowest BCUT2D eigenvalue weighted by atomic mass is 10.4. The molecule has 1 aromatic carbocycles. The minimum Gasteiger partial charge on any atom is -0.330 e. The van der Waals surface area contributed by atoms with Gasteiger partial charge < -0.3 is 4.89 Å². The van der Waals surface area contributed by atoms with Crippen molar-refractivity contribution in [3.8, 4) is 0 Å². The Morgan fingerprint density at radius 1 is 1.38 bits per heavy atom. The van der Waals surface area contributed by atoms with Gasteiger partial charge in [-0.3, -0.25) is 4.57 Å². The van der Waals surface area contributed by atoms with Crippen molar-refractivity contribution in [2.45, 2.75) is 13.3 Å². The summed E-state index contributed by atoms with van der Waals surface area (Å²) in [6.45, 7) is 2.51. The van der Waals surface area contributed by atoms with Crippen LogP contribution in [-0.2, 0) is 4.57 Å². The zero-order valence-corrected chi connectivity index (χ0v) is 8.50. The van der Waals surface area contributed by atoms with E-state index in [4.69, 9.17) is 0 Å². The summed E-state index contributed by atoms with van der Waals surface area (Å²) in [5.74, 6) is 0. The molecular weight excluding hydrogens is 185 g/mol. The maximum atomic E-state index is 11.6. The van der Waals surface area contributed by atoms with Crippen molar-refractivity contribution in [3.63, 3.8) is 0 Å².